The Bertz CT molecular complexity index is 614. The van der Waals surface area contributed by atoms with E-state index < -0.39 is 31.3 Å². The maximum Gasteiger partial charge on any atom is 0.292 e. The lowest BCUT2D eigenvalue weighted by molar-refractivity contribution is -0.388. The lowest BCUT2D eigenvalue weighted by Gasteiger charge is -2.12. The van der Waals surface area contributed by atoms with Crippen molar-refractivity contribution in [3.8, 4) is 0 Å². The number of benzene rings is 1. The van der Waals surface area contributed by atoms with Crippen LogP contribution < -0.4 is 10.0 Å². The first-order valence-corrected chi connectivity index (χ1v) is 7.55. The van der Waals surface area contributed by atoms with Crippen LogP contribution in [0.15, 0.2) is 23.1 Å². The summed E-state index contributed by atoms with van der Waals surface area (Å²) >= 11 is 0. The Hall–Kier alpha value is -1.58. The number of hydrogen-bond donors (Lipinski definition) is 2. The molecule has 9 heteroatoms. The Morgan fingerprint density at radius 3 is 2.85 bits per heavy atom. The van der Waals surface area contributed by atoms with Gasteiger partial charge in [0.1, 0.15) is 5.82 Å². The molecule has 0 aromatic heterocycles. The van der Waals surface area contributed by atoms with E-state index in [9.17, 15) is 22.9 Å². The van der Waals surface area contributed by atoms with Crippen LogP contribution in [0.1, 0.15) is 12.8 Å². The van der Waals surface area contributed by atoms with Gasteiger partial charge in [-0.15, -0.1) is 0 Å². The Labute approximate surface area is 115 Å². The largest absolute Gasteiger partial charge is 0.313 e. The SMILES string of the molecule is O=[N+]([O-])c1cc(F)ccc1S(=O)(=O)NCC1CCCN1. The van der Waals surface area contributed by atoms with Crippen LogP contribution >= 0.6 is 0 Å². The van der Waals surface area contributed by atoms with E-state index in [1.54, 1.807) is 0 Å². The first-order chi connectivity index (χ1) is 9.40. The van der Waals surface area contributed by atoms with Crippen molar-refractivity contribution >= 4 is 15.7 Å². The predicted molar refractivity (Wildman–Crippen MR) is 69.3 cm³/mol. The third-order valence-electron chi connectivity index (χ3n) is 3.09. The molecular formula is C11H14FN3O4S. The van der Waals surface area contributed by atoms with Gasteiger partial charge < -0.3 is 5.32 Å². The molecule has 20 heavy (non-hydrogen) atoms. The van der Waals surface area contributed by atoms with Crippen LogP contribution in [0, 0.1) is 15.9 Å². The molecule has 1 fully saturated rings. The molecule has 1 aromatic rings. The molecule has 1 atom stereocenters. The summed E-state index contributed by atoms with van der Waals surface area (Å²) in [5.74, 6) is -0.854. The van der Waals surface area contributed by atoms with Gasteiger partial charge in [0.05, 0.1) is 11.0 Å². The van der Waals surface area contributed by atoms with Gasteiger partial charge in [0.2, 0.25) is 10.0 Å². The van der Waals surface area contributed by atoms with Crippen molar-refractivity contribution in [3.05, 3.63) is 34.1 Å². The van der Waals surface area contributed by atoms with Crippen LogP contribution in [0.25, 0.3) is 0 Å². The van der Waals surface area contributed by atoms with Gasteiger partial charge in [0, 0.05) is 12.6 Å². The summed E-state index contributed by atoms with van der Waals surface area (Å²) in [6.07, 6.45) is 1.80. The van der Waals surface area contributed by atoms with Gasteiger partial charge in [-0.05, 0) is 31.5 Å². The van der Waals surface area contributed by atoms with Crippen LogP contribution in [-0.2, 0) is 10.0 Å². The molecule has 2 rings (SSSR count). The highest BCUT2D eigenvalue weighted by Crippen LogP contribution is 2.24. The zero-order chi connectivity index (χ0) is 14.8. The zero-order valence-corrected chi connectivity index (χ0v) is 11.3. The summed E-state index contributed by atoms with van der Waals surface area (Å²) in [5.41, 5.74) is -0.767. The molecule has 2 N–H and O–H groups in total. The molecule has 1 saturated heterocycles. The second kappa shape index (κ2) is 5.81. The van der Waals surface area contributed by atoms with Gasteiger partial charge >= 0.3 is 0 Å². The van der Waals surface area contributed by atoms with Gasteiger partial charge in [-0.2, -0.15) is 0 Å². The molecule has 1 unspecified atom stereocenters. The zero-order valence-electron chi connectivity index (χ0n) is 10.5. The fraction of sp³-hybridized carbons (Fsp3) is 0.455. The second-order valence-electron chi connectivity index (χ2n) is 4.51. The molecule has 0 bridgehead atoms. The van der Waals surface area contributed by atoms with Crippen LogP contribution in [0.5, 0.6) is 0 Å². The minimum atomic E-state index is -4.04. The molecule has 1 aromatic carbocycles. The van der Waals surface area contributed by atoms with Gasteiger partial charge in [0.25, 0.3) is 5.69 Å². The predicted octanol–water partition coefficient (Wildman–Crippen LogP) is 0.764. The van der Waals surface area contributed by atoms with Crippen LogP contribution in [0.2, 0.25) is 0 Å². The fourth-order valence-corrected chi connectivity index (χ4v) is 3.31. The van der Waals surface area contributed by atoms with E-state index in [1.165, 1.54) is 0 Å². The molecule has 110 valence electrons. The van der Waals surface area contributed by atoms with Crippen molar-refractivity contribution in [2.24, 2.45) is 0 Å². The number of nitro benzene ring substituents is 1. The third kappa shape index (κ3) is 3.30. The molecular weight excluding hydrogens is 289 g/mol. The molecule has 0 aliphatic carbocycles. The van der Waals surface area contributed by atoms with Crippen LogP contribution in [0.4, 0.5) is 10.1 Å². The van der Waals surface area contributed by atoms with Crippen molar-refractivity contribution in [2.75, 3.05) is 13.1 Å². The van der Waals surface area contributed by atoms with Crippen molar-refractivity contribution in [1.29, 1.82) is 0 Å². The first-order valence-electron chi connectivity index (χ1n) is 6.07. The van der Waals surface area contributed by atoms with Crippen LogP contribution in [-0.4, -0.2) is 32.5 Å². The average Bonchev–Trinajstić information content (AvgIpc) is 2.89. The maximum absolute atomic E-state index is 13.0. The summed E-state index contributed by atoms with van der Waals surface area (Å²) < 4.78 is 39.4. The van der Waals surface area contributed by atoms with Crippen LogP contribution in [0.3, 0.4) is 0 Å². The van der Waals surface area contributed by atoms with E-state index in [0.717, 1.165) is 31.5 Å². The smallest absolute Gasteiger partial charge is 0.292 e. The number of nitrogens with one attached hydrogen (secondary N) is 2. The van der Waals surface area contributed by atoms with E-state index in [-0.39, 0.29) is 12.6 Å². The Kier molecular flexibility index (Phi) is 4.31. The summed E-state index contributed by atoms with van der Waals surface area (Å²) in [6, 6.07) is 2.40. The van der Waals surface area contributed by atoms with Crippen molar-refractivity contribution in [2.45, 2.75) is 23.8 Å². The second-order valence-corrected chi connectivity index (χ2v) is 6.25. The summed E-state index contributed by atoms with van der Waals surface area (Å²) in [7, 11) is -4.04. The van der Waals surface area contributed by atoms with E-state index >= 15 is 0 Å². The first kappa shape index (κ1) is 14.8. The van der Waals surface area contributed by atoms with Gasteiger partial charge in [-0.25, -0.2) is 17.5 Å². The number of halogens is 1. The normalized spacial score (nSPS) is 19.1. The molecule has 0 saturated carbocycles. The Morgan fingerprint density at radius 1 is 1.50 bits per heavy atom. The topological polar surface area (TPSA) is 101 Å². The number of rotatable bonds is 5. The highest BCUT2D eigenvalue weighted by atomic mass is 32.2. The van der Waals surface area contributed by atoms with Crippen molar-refractivity contribution in [1.82, 2.24) is 10.0 Å². The number of nitro groups is 1. The monoisotopic (exact) mass is 303 g/mol. The summed E-state index contributed by atoms with van der Waals surface area (Å²) in [6.45, 7) is 0.972. The Morgan fingerprint density at radius 2 is 2.25 bits per heavy atom. The minimum Gasteiger partial charge on any atom is -0.313 e. The third-order valence-corrected chi connectivity index (χ3v) is 4.56. The summed E-state index contributed by atoms with van der Waals surface area (Å²) in [5, 5.41) is 13.9. The molecule has 0 amide bonds. The Balaban J connectivity index is 2.22. The van der Waals surface area contributed by atoms with E-state index in [2.05, 4.69) is 10.0 Å². The van der Waals surface area contributed by atoms with E-state index in [0.29, 0.717) is 6.07 Å². The molecule has 1 heterocycles. The van der Waals surface area contributed by atoms with Crippen molar-refractivity contribution in [3.63, 3.8) is 0 Å². The number of nitrogens with zero attached hydrogens (tertiary/aromatic N) is 1. The van der Waals surface area contributed by atoms with E-state index in [4.69, 9.17) is 0 Å². The molecule has 7 nitrogen and oxygen atoms in total. The maximum atomic E-state index is 13.0. The minimum absolute atomic E-state index is 0.0179. The van der Waals surface area contributed by atoms with Crippen molar-refractivity contribution < 1.29 is 17.7 Å². The highest BCUT2D eigenvalue weighted by molar-refractivity contribution is 7.89. The number of sulfonamides is 1. The van der Waals surface area contributed by atoms with E-state index in [1.807, 2.05) is 0 Å². The lowest BCUT2D eigenvalue weighted by atomic mass is 10.2. The lowest BCUT2D eigenvalue weighted by Crippen LogP contribution is -2.37. The summed E-state index contributed by atoms with van der Waals surface area (Å²) in [4.78, 5) is 9.38. The highest BCUT2D eigenvalue weighted by Gasteiger charge is 2.27. The fourth-order valence-electron chi connectivity index (χ4n) is 2.08. The molecule has 0 radical (unpaired) electrons. The molecule has 1 aliphatic rings. The molecule has 0 spiro atoms. The van der Waals surface area contributed by atoms with Gasteiger partial charge in [0.15, 0.2) is 4.90 Å². The number of hydrogen-bond acceptors (Lipinski definition) is 5. The average molecular weight is 303 g/mol. The van der Waals surface area contributed by atoms with Gasteiger partial charge in [-0.1, -0.05) is 0 Å². The molecule has 1 aliphatic heterocycles. The standard InChI is InChI=1S/C11H14FN3O4S/c12-8-3-4-11(10(6-8)15(16)17)20(18,19)14-7-9-2-1-5-13-9/h3-4,6,9,13-14H,1-2,5,7H2. The quantitative estimate of drug-likeness (QED) is 0.618. The van der Waals surface area contributed by atoms with Gasteiger partial charge in [-0.3, -0.25) is 10.1 Å².